The Hall–Kier alpha value is -1.02. The van der Waals surface area contributed by atoms with Gasteiger partial charge >= 0.3 is 0 Å². The summed E-state index contributed by atoms with van der Waals surface area (Å²) in [7, 11) is 3.93. The minimum Gasteiger partial charge on any atom is -0.508 e. The van der Waals surface area contributed by atoms with E-state index in [1.807, 2.05) is 12.1 Å². The number of hydrogen-bond donors (Lipinski definition) is 1. The van der Waals surface area contributed by atoms with Crippen molar-refractivity contribution >= 4 is 0 Å². The van der Waals surface area contributed by atoms with Gasteiger partial charge in [0.15, 0.2) is 0 Å². The van der Waals surface area contributed by atoms with Crippen molar-refractivity contribution in [2.45, 2.75) is 18.8 Å². The maximum atomic E-state index is 9.18. The summed E-state index contributed by atoms with van der Waals surface area (Å²) < 4.78 is 0. The molecule has 1 aliphatic rings. The van der Waals surface area contributed by atoms with Crippen molar-refractivity contribution in [3.63, 3.8) is 0 Å². The average molecular weight is 190 g/mol. The van der Waals surface area contributed by atoms with Crippen LogP contribution in [0.25, 0.3) is 0 Å². The third kappa shape index (κ3) is 2.07. The van der Waals surface area contributed by atoms with Crippen LogP contribution in [-0.2, 0) is 0 Å². The van der Waals surface area contributed by atoms with E-state index in [4.69, 9.17) is 0 Å². The minimum atomic E-state index is 0.350. The lowest BCUT2D eigenvalue weighted by atomic mass is 9.90. The highest BCUT2D eigenvalue weighted by atomic mass is 16.3. The fourth-order valence-electron chi connectivity index (χ4n) is 2.01. The summed E-state index contributed by atoms with van der Waals surface area (Å²) in [5.74, 6) is 0.997. The van der Waals surface area contributed by atoms with Gasteiger partial charge in [0.2, 0.25) is 0 Å². The third-order valence-corrected chi connectivity index (χ3v) is 2.95. The summed E-state index contributed by atoms with van der Waals surface area (Å²) in [6.07, 6.45) is 2.35. The van der Waals surface area contributed by atoms with Crippen molar-refractivity contribution in [2.24, 2.45) is 0 Å². The molecular formula is C12H16NO. The number of nitrogens with zero attached hydrogens (tertiary/aromatic N) is 1. The van der Waals surface area contributed by atoms with Gasteiger partial charge in [0, 0.05) is 7.05 Å². The smallest absolute Gasteiger partial charge is 0.115 e. The maximum absolute atomic E-state index is 9.18. The molecular weight excluding hydrogens is 174 g/mol. The summed E-state index contributed by atoms with van der Waals surface area (Å²) in [4.78, 5) is 2.12. The second-order valence-electron chi connectivity index (χ2n) is 3.98. The van der Waals surface area contributed by atoms with E-state index < -0.39 is 0 Å². The third-order valence-electron chi connectivity index (χ3n) is 2.95. The average Bonchev–Trinajstić information content (AvgIpc) is 2.21. The van der Waals surface area contributed by atoms with Crippen LogP contribution in [0.4, 0.5) is 0 Å². The molecule has 1 radical (unpaired) electrons. The topological polar surface area (TPSA) is 23.5 Å². The SMILES string of the molecule is [CH2]N1CCC(c2ccc(O)cc2)CC1. The molecule has 2 nitrogen and oxygen atoms in total. The van der Waals surface area contributed by atoms with Gasteiger partial charge < -0.3 is 10.0 Å². The highest BCUT2D eigenvalue weighted by Gasteiger charge is 2.17. The number of benzene rings is 1. The summed E-state index contributed by atoms with van der Waals surface area (Å²) in [6, 6.07) is 7.59. The Morgan fingerprint density at radius 3 is 2.29 bits per heavy atom. The molecule has 75 valence electrons. The molecule has 0 unspecified atom stereocenters. The lowest BCUT2D eigenvalue weighted by molar-refractivity contribution is 0.280. The molecule has 0 aliphatic carbocycles. The fraction of sp³-hybridized carbons (Fsp3) is 0.417. The van der Waals surface area contributed by atoms with E-state index in [0.29, 0.717) is 11.7 Å². The van der Waals surface area contributed by atoms with Crippen LogP contribution in [0, 0.1) is 7.05 Å². The molecule has 1 aliphatic heterocycles. The molecule has 1 fully saturated rings. The second-order valence-corrected chi connectivity index (χ2v) is 3.98. The first-order chi connectivity index (χ1) is 6.75. The number of rotatable bonds is 1. The molecule has 1 aromatic rings. The molecule has 1 heterocycles. The Kier molecular flexibility index (Phi) is 2.73. The van der Waals surface area contributed by atoms with Crippen LogP contribution >= 0.6 is 0 Å². The van der Waals surface area contributed by atoms with E-state index >= 15 is 0 Å². The quantitative estimate of drug-likeness (QED) is 0.735. The first-order valence-electron chi connectivity index (χ1n) is 5.10. The van der Waals surface area contributed by atoms with Crippen LogP contribution < -0.4 is 0 Å². The van der Waals surface area contributed by atoms with E-state index in [1.54, 1.807) is 12.1 Å². The highest BCUT2D eigenvalue weighted by Crippen LogP contribution is 2.28. The molecule has 0 bridgehead atoms. The normalized spacial score (nSPS) is 19.8. The summed E-state index contributed by atoms with van der Waals surface area (Å²) in [5, 5.41) is 9.18. The molecule has 1 aromatic carbocycles. The van der Waals surface area contributed by atoms with Crippen LogP contribution in [0.1, 0.15) is 24.3 Å². The van der Waals surface area contributed by atoms with Crippen LogP contribution in [0.5, 0.6) is 5.75 Å². The molecule has 2 rings (SSSR count). The van der Waals surface area contributed by atoms with E-state index in [2.05, 4.69) is 11.9 Å². The number of aromatic hydroxyl groups is 1. The number of likely N-dealkylation sites (tertiary alicyclic amines) is 1. The fourth-order valence-corrected chi connectivity index (χ4v) is 2.01. The zero-order valence-electron chi connectivity index (χ0n) is 8.32. The second kappa shape index (κ2) is 4.01. The van der Waals surface area contributed by atoms with Crippen molar-refractivity contribution in [2.75, 3.05) is 13.1 Å². The van der Waals surface area contributed by atoms with Gasteiger partial charge in [-0.2, -0.15) is 0 Å². The number of piperidine rings is 1. The van der Waals surface area contributed by atoms with Crippen molar-refractivity contribution < 1.29 is 5.11 Å². The van der Waals surface area contributed by atoms with Gasteiger partial charge in [-0.3, -0.25) is 0 Å². The lowest BCUT2D eigenvalue weighted by Crippen LogP contribution is -2.27. The number of phenols is 1. The van der Waals surface area contributed by atoms with Crippen LogP contribution in [0.3, 0.4) is 0 Å². The van der Waals surface area contributed by atoms with E-state index in [0.717, 1.165) is 13.1 Å². The molecule has 0 spiro atoms. The number of hydrogen-bond acceptors (Lipinski definition) is 2. The molecule has 1 saturated heterocycles. The minimum absolute atomic E-state index is 0.350. The van der Waals surface area contributed by atoms with E-state index in [1.165, 1.54) is 18.4 Å². The molecule has 0 atom stereocenters. The molecule has 0 amide bonds. The predicted octanol–water partition coefficient (Wildman–Crippen LogP) is 2.36. The van der Waals surface area contributed by atoms with E-state index in [-0.39, 0.29) is 0 Å². The molecule has 2 heteroatoms. The van der Waals surface area contributed by atoms with Crippen LogP contribution in [0.15, 0.2) is 24.3 Å². The van der Waals surface area contributed by atoms with Crippen LogP contribution in [-0.4, -0.2) is 23.1 Å². The molecule has 0 saturated carbocycles. The molecule has 0 aromatic heterocycles. The Bertz CT molecular complexity index is 286. The molecule has 14 heavy (non-hydrogen) atoms. The standard InChI is InChI=1S/C12H16NO/c1-13-8-6-11(7-9-13)10-2-4-12(14)5-3-10/h2-5,11,14H,1,6-9H2. The van der Waals surface area contributed by atoms with Crippen molar-refractivity contribution in [3.8, 4) is 5.75 Å². The Morgan fingerprint density at radius 1 is 1.14 bits per heavy atom. The van der Waals surface area contributed by atoms with Crippen LogP contribution in [0.2, 0.25) is 0 Å². The first-order valence-corrected chi connectivity index (χ1v) is 5.10. The Labute approximate surface area is 85.2 Å². The van der Waals surface area contributed by atoms with E-state index in [9.17, 15) is 5.11 Å². The van der Waals surface area contributed by atoms with Gasteiger partial charge in [-0.05, 0) is 49.5 Å². The zero-order chi connectivity index (χ0) is 9.97. The predicted molar refractivity (Wildman–Crippen MR) is 57.0 cm³/mol. The maximum Gasteiger partial charge on any atom is 0.115 e. The highest BCUT2D eigenvalue weighted by molar-refractivity contribution is 5.28. The zero-order valence-corrected chi connectivity index (χ0v) is 8.32. The summed E-state index contributed by atoms with van der Waals surface area (Å²) in [6.45, 7) is 2.15. The van der Waals surface area contributed by atoms with Crippen molar-refractivity contribution in [1.82, 2.24) is 4.90 Å². The first kappa shape index (κ1) is 9.53. The Balaban J connectivity index is 2.05. The number of phenolic OH excluding ortho intramolecular Hbond substituents is 1. The van der Waals surface area contributed by atoms with Crippen molar-refractivity contribution in [1.29, 1.82) is 0 Å². The van der Waals surface area contributed by atoms with Gasteiger partial charge in [-0.1, -0.05) is 12.1 Å². The Morgan fingerprint density at radius 2 is 1.71 bits per heavy atom. The van der Waals surface area contributed by atoms with Gasteiger partial charge in [-0.15, -0.1) is 0 Å². The van der Waals surface area contributed by atoms with Gasteiger partial charge in [0.1, 0.15) is 5.75 Å². The summed E-state index contributed by atoms with van der Waals surface area (Å²) >= 11 is 0. The lowest BCUT2D eigenvalue weighted by Gasteiger charge is -2.28. The van der Waals surface area contributed by atoms with Gasteiger partial charge in [0.25, 0.3) is 0 Å². The molecule has 1 N–H and O–H groups in total. The van der Waals surface area contributed by atoms with Crippen molar-refractivity contribution in [3.05, 3.63) is 36.9 Å². The van der Waals surface area contributed by atoms with Gasteiger partial charge in [-0.25, -0.2) is 0 Å². The van der Waals surface area contributed by atoms with Gasteiger partial charge in [0.05, 0.1) is 0 Å². The largest absolute Gasteiger partial charge is 0.508 e. The monoisotopic (exact) mass is 190 g/mol. The summed E-state index contributed by atoms with van der Waals surface area (Å²) in [5.41, 5.74) is 1.34.